The standard InChI is InChI=1S/C14H12ClIN2O/c15-12-8-10(16)3-6-13(12)18-14(19)7-9-1-4-11(17)5-2-9/h1-6,8H,7,17H2,(H,18,19). The molecule has 0 saturated carbocycles. The van der Waals surface area contributed by atoms with E-state index < -0.39 is 0 Å². The van der Waals surface area contributed by atoms with Crippen LogP contribution in [0, 0.1) is 3.57 Å². The molecule has 2 aromatic carbocycles. The van der Waals surface area contributed by atoms with Crippen LogP contribution in [-0.2, 0) is 11.2 Å². The molecular formula is C14H12ClIN2O. The van der Waals surface area contributed by atoms with Crippen molar-refractivity contribution in [1.82, 2.24) is 0 Å². The van der Waals surface area contributed by atoms with Crippen LogP contribution in [0.15, 0.2) is 42.5 Å². The highest BCUT2D eigenvalue weighted by atomic mass is 127. The number of benzene rings is 2. The van der Waals surface area contributed by atoms with Gasteiger partial charge in [0.15, 0.2) is 0 Å². The van der Waals surface area contributed by atoms with Gasteiger partial charge in [-0.25, -0.2) is 0 Å². The van der Waals surface area contributed by atoms with Gasteiger partial charge in [-0.3, -0.25) is 4.79 Å². The van der Waals surface area contributed by atoms with E-state index in [4.69, 9.17) is 17.3 Å². The second kappa shape index (κ2) is 6.25. The van der Waals surface area contributed by atoms with Crippen molar-refractivity contribution in [2.24, 2.45) is 0 Å². The lowest BCUT2D eigenvalue weighted by Gasteiger charge is -2.07. The Hall–Kier alpha value is -1.27. The summed E-state index contributed by atoms with van der Waals surface area (Å²) in [6, 6.07) is 12.7. The number of hydrogen-bond acceptors (Lipinski definition) is 2. The Morgan fingerprint density at radius 3 is 2.53 bits per heavy atom. The molecular weight excluding hydrogens is 375 g/mol. The lowest BCUT2D eigenvalue weighted by atomic mass is 10.1. The average molecular weight is 387 g/mol. The van der Waals surface area contributed by atoms with E-state index in [0.717, 1.165) is 9.13 Å². The monoisotopic (exact) mass is 386 g/mol. The first-order chi connectivity index (χ1) is 9.04. The number of carbonyl (C=O) groups excluding carboxylic acids is 1. The van der Waals surface area contributed by atoms with Gasteiger partial charge in [0.25, 0.3) is 0 Å². The third-order valence-electron chi connectivity index (χ3n) is 2.55. The lowest BCUT2D eigenvalue weighted by molar-refractivity contribution is -0.115. The van der Waals surface area contributed by atoms with E-state index in [0.29, 0.717) is 22.8 Å². The first-order valence-corrected chi connectivity index (χ1v) is 7.09. The largest absolute Gasteiger partial charge is 0.399 e. The summed E-state index contributed by atoms with van der Waals surface area (Å²) < 4.78 is 1.03. The fourth-order valence-electron chi connectivity index (χ4n) is 1.61. The summed E-state index contributed by atoms with van der Waals surface area (Å²) in [4.78, 5) is 11.9. The fourth-order valence-corrected chi connectivity index (χ4v) is 2.51. The van der Waals surface area contributed by atoms with Gasteiger partial charge >= 0.3 is 0 Å². The molecule has 0 bridgehead atoms. The van der Waals surface area contributed by atoms with Gasteiger partial charge in [0.2, 0.25) is 5.91 Å². The highest BCUT2D eigenvalue weighted by Crippen LogP contribution is 2.24. The topological polar surface area (TPSA) is 55.1 Å². The van der Waals surface area contributed by atoms with Crippen molar-refractivity contribution in [2.45, 2.75) is 6.42 Å². The third kappa shape index (κ3) is 4.11. The molecule has 0 heterocycles. The van der Waals surface area contributed by atoms with Crippen molar-refractivity contribution in [3.05, 3.63) is 56.6 Å². The molecule has 2 aromatic rings. The molecule has 3 nitrogen and oxygen atoms in total. The lowest BCUT2D eigenvalue weighted by Crippen LogP contribution is -2.14. The van der Waals surface area contributed by atoms with Crippen molar-refractivity contribution < 1.29 is 4.79 Å². The van der Waals surface area contributed by atoms with Crippen LogP contribution in [0.2, 0.25) is 5.02 Å². The molecule has 3 N–H and O–H groups in total. The Morgan fingerprint density at radius 1 is 1.21 bits per heavy atom. The Bertz CT molecular complexity index is 599. The minimum atomic E-state index is -0.104. The summed E-state index contributed by atoms with van der Waals surface area (Å²) in [5.74, 6) is -0.104. The van der Waals surface area contributed by atoms with Crippen LogP contribution in [0.4, 0.5) is 11.4 Å². The van der Waals surface area contributed by atoms with Crippen molar-refractivity contribution in [2.75, 3.05) is 11.1 Å². The zero-order chi connectivity index (χ0) is 13.8. The zero-order valence-corrected chi connectivity index (χ0v) is 12.9. The smallest absolute Gasteiger partial charge is 0.228 e. The van der Waals surface area contributed by atoms with Gasteiger partial charge < -0.3 is 11.1 Å². The predicted molar refractivity (Wildman–Crippen MR) is 87.4 cm³/mol. The molecule has 0 aliphatic rings. The van der Waals surface area contributed by atoms with E-state index >= 15 is 0 Å². The summed E-state index contributed by atoms with van der Waals surface area (Å²) in [6.45, 7) is 0. The van der Waals surface area contributed by atoms with Crippen LogP contribution in [-0.4, -0.2) is 5.91 Å². The number of nitrogens with one attached hydrogen (secondary N) is 1. The number of hydrogen-bond donors (Lipinski definition) is 2. The molecule has 1 amide bonds. The molecule has 0 spiro atoms. The molecule has 19 heavy (non-hydrogen) atoms. The number of nitrogen functional groups attached to an aromatic ring is 1. The quantitative estimate of drug-likeness (QED) is 0.624. The van der Waals surface area contributed by atoms with Crippen LogP contribution in [0.25, 0.3) is 0 Å². The van der Waals surface area contributed by atoms with Gasteiger partial charge in [0, 0.05) is 9.26 Å². The summed E-state index contributed by atoms with van der Waals surface area (Å²) in [5.41, 5.74) is 7.82. The molecule has 98 valence electrons. The number of rotatable bonds is 3. The van der Waals surface area contributed by atoms with E-state index in [-0.39, 0.29) is 5.91 Å². The van der Waals surface area contributed by atoms with Crippen molar-refractivity contribution in [3.8, 4) is 0 Å². The average Bonchev–Trinajstić information content (AvgIpc) is 2.36. The molecule has 0 aliphatic heterocycles. The van der Waals surface area contributed by atoms with Gasteiger partial charge in [-0.05, 0) is 58.5 Å². The summed E-state index contributed by atoms with van der Waals surface area (Å²) >= 11 is 8.23. The van der Waals surface area contributed by atoms with E-state index in [1.165, 1.54) is 0 Å². The minimum Gasteiger partial charge on any atom is -0.399 e. The molecule has 0 saturated heterocycles. The maximum absolute atomic E-state index is 11.9. The molecule has 0 radical (unpaired) electrons. The Morgan fingerprint density at radius 2 is 1.89 bits per heavy atom. The SMILES string of the molecule is Nc1ccc(CC(=O)Nc2ccc(I)cc2Cl)cc1. The predicted octanol–water partition coefficient (Wildman–Crippen LogP) is 3.71. The van der Waals surface area contributed by atoms with E-state index in [1.807, 2.05) is 18.2 Å². The van der Waals surface area contributed by atoms with E-state index in [1.54, 1.807) is 24.3 Å². The highest BCUT2D eigenvalue weighted by molar-refractivity contribution is 14.1. The fraction of sp³-hybridized carbons (Fsp3) is 0.0714. The van der Waals surface area contributed by atoms with Gasteiger partial charge in [-0.2, -0.15) is 0 Å². The first kappa shape index (κ1) is 14.1. The number of amides is 1. The second-order valence-electron chi connectivity index (χ2n) is 4.09. The summed E-state index contributed by atoms with van der Waals surface area (Å²) in [6.07, 6.45) is 0.294. The first-order valence-electron chi connectivity index (χ1n) is 5.64. The maximum Gasteiger partial charge on any atom is 0.228 e. The third-order valence-corrected chi connectivity index (χ3v) is 3.53. The Kier molecular flexibility index (Phi) is 4.66. The van der Waals surface area contributed by atoms with Crippen molar-refractivity contribution in [3.63, 3.8) is 0 Å². The number of anilines is 2. The molecule has 0 unspecified atom stereocenters. The molecule has 2 rings (SSSR count). The summed E-state index contributed by atoms with van der Waals surface area (Å²) in [7, 11) is 0. The minimum absolute atomic E-state index is 0.104. The van der Waals surface area contributed by atoms with Crippen LogP contribution >= 0.6 is 34.2 Å². The van der Waals surface area contributed by atoms with E-state index in [9.17, 15) is 4.79 Å². The van der Waals surface area contributed by atoms with Gasteiger partial charge in [-0.15, -0.1) is 0 Å². The van der Waals surface area contributed by atoms with Gasteiger partial charge in [0.1, 0.15) is 0 Å². The summed E-state index contributed by atoms with van der Waals surface area (Å²) in [5, 5.41) is 3.33. The van der Waals surface area contributed by atoms with Crippen molar-refractivity contribution in [1.29, 1.82) is 0 Å². The van der Waals surface area contributed by atoms with Crippen LogP contribution < -0.4 is 11.1 Å². The number of halogens is 2. The van der Waals surface area contributed by atoms with E-state index in [2.05, 4.69) is 27.9 Å². The van der Waals surface area contributed by atoms with Gasteiger partial charge in [-0.1, -0.05) is 23.7 Å². The molecule has 5 heteroatoms. The molecule has 0 atom stereocenters. The van der Waals surface area contributed by atoms with Crippen LogP contribution in [0.5, 0.6) is 0 Å². The van der Waals surface area contributed by atoms with Crippen LogP contribution in [0.3, 0.4) is 0 Å². The highest BCUT2D eigenvalue weighted by Gasteiger charge is 2.07. The number of carbonyl (C=O) groups is 1. The number of nitrogens with two attached hydrogens (primary N) is 1. The Labute approximate surface area is 130 Å². The van der Waals surface area contributed by atoms with Crippen molar-refractivity contribution >= 4 is 51.5 Å². The molecule has 0 aliphatic carbocycles. The molecule has 0 fully saturated rings. The normalized spacial score (nSPS) is 10.2. The van der Waals surface area contributed by atoms with Crippen LogP contribution in [0.1, 0.15) is 5.56 Å². The van der Waals surface area contributed by atoms with Gasteiger partial charge in [0.05, 0.1) is 17.1 Å². The Balaban J connectivity index is 2.03. The zero-order valence-electron chi connectivity index (χ0n) is 9.99. The second-order valence-corrected chi connectivity index (χ2v) is 5.74. The molecule has 0 aromatic heterocycles. The maximum atomic E-state index is 11.9.